The molecule has 3 N–H and O–H groups in total. The fraction of sp³-hybridized carbons (Fsp3) is 0.625. The van der Waals surface area contributed by atoms with Gasteiger partial charge >= 0.3 is 0 Å². The van der Waals surface area contributed by atoms with Crippen molar-refractivity contribution in [2.24, 2.45) is 0 Å². The van der Waals surface area contributed by atoms with E-state index in [0.717, 1.165) is 18.4 Å². The Hall–Kier alpha value is -1.06. The Morgan fingerprint density at radius 2 is 1.37 bits per heavy atom. The highest BCUT2D eigenvalue weighted by atomic mass is 16.3. The lowest BCUT2D eigenvalue weighted by atomic mass is 9.99. The molecule has 0 fully saturated rings. The van der Waals surface area contributed by atoms with Gasteiger partial charge in [-0.3, -0.25) is 0 Å². The zero-order valence-electron chi connectivity index (χ0n) is 11.9. The molecule has 1 aromatic carbocycles. The first-order valence-corrected chi connectivity index (χ1v) is 7.28. The van der Waals surface area contributed by atoms with Gasteiger partial charge in [-0.25, -0.2) is 0 Å². The molecule has 0 aromatic heterocycles. The van der Waals surface area contributed by atoms with Crippen LogP contribution in [0.1, 0.15) is 62.1 Å². The lowest BCUT2D eigenvalue weighted by Crippen LogP contribution is -1.96. The van der Waals surface area contributed by atoms with Gasteiger partial charge in [0.15, 0.2) is 0 Å². The SMILES string of the molecule is CCCCCCCCc1cc(CO)c(O)c(CO)c1. The number of phenols is 1. The van der Waals surface area contributed by atoms with Gasteiger partial charge in [-0.05, 0) is 30.5 Å². The van der Waals surface area contributed by atoms with Gasteiger partial charge in [-0.2, -0.15) is 0 Å². The van der Waals surface area contributed by atoms with Crippen molar-refractivity contribution in [1.29, 1.82) is 0 Å². The Bertz CT molecular complexity index is 349. The fourth-order valence-corrected chi connectivity index (χ4v) is 2.33. The summed E-state index contributed by atoms with van der Waals surface area (Å²) in [6.45, 7) is 1.83. The molecule has 0 aliphatic rings. The molecule has 0 unspecified atom stereocenters. The average Bonchev–Trinajstić information content (AvgIpc) is 2.44. The second kappa shape index (κ2) is 8.94. The third-order valence-corrected chi connectivity index (χ3v) is 3.49. The van der Waals surface area contributed by atoms with E-state index in [4.69, 9.17) is 0 Å². The Labute approximate surface area is 115 Å². The van der Waals surface area contributed by atoms with Crippen molar-refractivity contribution >= 4 is 0 Å². The maximum Gasteiger partial charge on any atom is 0.126 e. The zero-order chi connectivity index (χ0) is 14.1. The molecule has 0 saturated heterocycles. The molecule has 1 rings (SSSR count). The Balaban J connectivity index is 2.49. The Morgan fingerprint density at radius 1 is 0.842 bits per heavy atom. The van der Waals surface area contributed by atoms with E-state index >= 15 is 0 Å². The van der Waals surface area contributed by atoms with Gasteiger partial charge in [-0.1, -0.05) is 39.0 Å². The van der Waals surface area contributed by atoms with Crippen molar-refractivity contribution < 1.29 is 15.3 Å². The van der Waals surface area contributed by atoms with Crippen LogP contribution in [0, 0.1) is 0 Å². The molecule has 0 atom stereocenters. The van der Waals surface area contributed by atoms with Crippen LogP contribution in [-0.2, 0) is 19.6 Å². The molecule has 1 aromatic rings. The van der Waals surface area contributed by atoms with E-state index in [1.165, 1.54) is 32.1 Å². The minimum Gasteiger partial charge on any atom is -0.507 e. The fourth-order valence-electron chi connectivity index (χ4n) is 2.33. The number of aliphatic hydroxyl groups is 2. The number of aromatic hydroxyl groups is 1. The summed E-state index contributed by atoms with van der Waals surface area (Å²) in [4.78, 5) is 0. The van der Waals surface area contributed by atoms with Gasteiger partial charge in [0.1, 0.15) is 5.75 Å². The highest BCUT2D eigenvalue weighted by molar-refractivity contribution is 5.43. The smallest absolute Gasteiger partial charge is 0.126 e. The predicted octanol–water partition coefficient (Wildman–Crippen LogP) is 3.28. The number of aliphatic hydroxyl groups excluding tert-OH is 2. The largest absolute Gasteiger partial charge is 0.507 e. The van der Waals surface area contributed by atoms with Crippen LogP contribution in [-0.4, -0.2) is 15.3 Å². The molecule has 0 saturated carbocycles. The summed E-state index contributed by atoms with van der Waals surface area (Å²) in [7, 11) is 0. The highest BCUT2D eigenvalue weighted by Gasteiger charge is 2.08. The first kappa shape index (κ1) is 16.0. The van der Waals surface area contributed by atoms with Gasteiger partial charge in [0, 0.05) is 11.1 Å². The molecule has 3 heteroatoms. The molecule has 0 amide bonds. The van der Waals surface area contributed by atoms with Crippen LogP contribution in [0.15, 0.2) is 12.1 Å². The standard InChI is InChI=1S/C16H26O3/c1-2-3-4-5-6-7-8-13-9-14(11-17)16(19)15(10-13)12-18/h9-10,17-19H,2-8,11-12H2,1H3. The van der Waals surface area contributed by atoms with Gasteiger partial charge in [-0.15, -0.1) is 0 Å². The van der Waals surface area contributed by atoms with Crippen LogP contribution in [0.4, 0.5) is 0 Å². The third-order valence-electron chi connectivity index (χ3n) is 3.49. The molecular formula is C16H26O3. The molecule has 0 spiro atoms. The van der Waals surface area contributed by atoms with E-state index < -0.39 is 0 Å². The van der Waals surface area contributed by atoms with Gasteiger partial charge < -0.3 is 15.3 Å². The van der Waals surface area contributed by atoms with Gasteiger partial charge in [0.25, 0.3) is 0 Å². The number of hydrogen-bond donors (Lipinski definition) is 3. The minimum absolute atomic E-state index is 0.0247. The summed E-state index contributed by atoms with van der Waals surface area (Å²) >= 11 is 0. The lowest BCUT2D eigenvalue weighted by molar-refractivity contribution is 0.263. The minimum atomic E-state index is -0.191. The van der Waals surface area contributed by atoms with E-state index in [2.05, 4.69) is 6.92 Å². The van der Waals surface area contributed by atoms with Crippen molar-refractivity contribution in [3.05, 3.63) is 28.8 Å². The molecule has 0 aliphatic heterocycles. The summed E-state index contributed by atoms with van der Waals surface area (Å²) in [5, 5.41) is 28.1. The molecule has 19 heavy (non-hydrogen) atoms. The second-order valence-corrected chi connectivity index (χ2v) is 5.10. The molecule has 0 heterocycles. The summed E-state index contributed by atoms with van der Waals surface area (Å²) in [6.07, 6.45) is 8.40. The van der Waals surface area contributed by atoms with Gasteiger partial charge in [0.2, 0.25) is 0 Å². The summed E-state index contributed by atoms with van der Waals surface area (Å²) in [6, 6.07) is 3.67. The molecule has 3 nitrogen and oxygen atoms in total. The first-order valence-electron chi connectivity index (χ1n) is 7.28. The van der Waals surface area contributed by atoms with Crippen LogP contribution in [0.2, 0.25) is 0 Å². The topological polar surface area (TPSA) is 60.7 Å². The molecule has 0 aliphatic carbocycles. The molecular weight excluding hydrogens is 240 g/mol. The predicted molar refractivity (Wildman–Crippen MR) is 77.0 cm³/mol. The van der Waals surface area contributed by atoms with Crippen LogP contribution in [0.5, 0.6) is 5.75 Å². The summed E-state index contributed by atoms with van der Waals surface area (Å²) in [5.41, 5.74) is 2.10. The molecule has 0 bridgehead atoms. The van der Waals surface area contributed by atoms with Crippen LogP contribution >= 0.6 is 0 Å². The van der Waals surface area contributed by atoms with Crippen molar-refractivity contribution in [1.82, 2.24) is 0 Å². The van der Waals surface area contributed by atoms with Crippen molar-refractivity contribution in [3.63, 3.8) is 0 Å². The Kier molecular flexibility index (Phi) is 7.53. The summed E-state index contributed by atoms with van der Waals surface area (Å²) in [5.74, 6) is 0.0247. The van der Waals surface area contributed by atoms with E-state index in [1.807, 2.05) is 12.1 Å². The third kappa shape index (κ3) is 5.21. The molecule has 0 radical (unpaired) electrons. The maximum atomic E-state index is 9.76. The number of hydrogen-bond acceptors (Lipinski definition) is 3. The second-order valence-electron chi connectivity index (χ2n) is 5.10. The van der Waals surface area contributed by atoms with E-state index in [-0.39, 0.29) is 19.0 Å². The normalized spacial score (nSPS) is 10.9. The van der Waals surface area contributed by atoms with Gasteiger partial charge in [0.05, 0.1) is 13.2 Å². The van der Waals surface area contributed by atoms with Crippen molar-refractivity contribution in [2.45, 2.75) is 65.1 Å². The van der Waals surface area contributed by atoms with Crippen molar-refractivity contribution in [2.75, 3.05) is 0 Å². The van der Waals surface area contributed by atoms with Crippen LogP contribution in [0.3, 0.4) is 0 Å². The van der Waals surface area contributed by atoms with Crippen molar-refractivity contribution in [3.8, 4) is 5.75 Å². The molecule has 108 valence electrons. The lowest BCUT2D eigenvalue weighted by Gasteiger charge is -2.10. The average molecular weight is 266 g/mol. The van der Waals surface area contributed by atoms with E-state index in [1.54, 1.807) is 0 Å². The number of benzene rings is 1. The van der Waals surface area contributed by atoms with E-state index in [0.29, 0.717) is 11.1 Å². The Morgan fingerprint density at radius 3 is 1.89 bits per heavy atom. The highest BCUT2D eigenvalue weighted by Crippen LogP contribution is 2.25. The number of rotatable bonds is 9. The quantitative estimate of drug-likeness (QED) is 0.601. The number of aryl methyl sites for hydroxylation is 1. The summed E-state index contributed by atoms with van der Waals surface area (Å²) < 4.78 is 0. The van der Waals surface area contributed by atoms with Crippen LogP contribution < -0.4 is 0 Å². The van der Waals surface area contributed by atoms with E-state index in [9.17, 15) is 15.3 Å². The van der Waals surface area contributed by atoms with Crippen LogP contribution in [0.25, 0.3) is 0 Å². The zero-order valence-corrected chi connectivity index (χ0v) is 11.9. The number of unbranched alkanes of at least 4 members (excludes halogenated alkanes) is 5. The maximum absolute atomic E-state index is 9.76. The first-order chi connectivity index (χ1) is 9.22. The monoisotopic (exact) mass is 266 g/mol.